The fourth-order valence-electron chi connectivity index (χ4n) is 2.32. The van der Waals surface area contributed by atoms with Crippen molar-refractivity contribution < 1.29 is 24.2 Å². The van der Waals surface area contributed by atoms with Gasteiger partial charge in [-0.05, 0) is 30.5 Å². The summed E-state index contributed by atoms with van der Waals surface area (Å²) in [6, 6.07) is 4.28. The summed E-state index contributed by atoms with van der Waals surface area (Å²) in [5.41, 5.74) is -0.326. The van der Waals surface area contributed by atoms with Gasteiger partial charge in [0.05, 0.1) is 11.3 Å². The molecule has 0 aliphatic heterocycles. The molecule has 6 heteroatoms. The zero-order valence-corrected chi connectivity index (χ0v) is 12.5. The highest BCUT2D eigenvalue weighted by Crippen LogP contribution is 2.38. The van der Waals surface area contributed by atoms with Crippen LogP contribution >= 0.6 is 11.6 Å². The van der Waals surface area contributed by atoms with Gasteiger partial charge in [-0.25, -0.2) is 9.18 Å². The number of allylic oxidation sites excluding steroid dienone is 2. The van der Waals surface area contributed by atoms with Crippen LogP contribution in [-0.4, -0.2) is 22.2 Å². The molecule has 1 aromatic carbocycles. The third kappa shape index (κ3) is 2.90. The largest absolute Gasteiger partial charge is 0.481 e. The zero-order chi connectivity index (χ0) is 16.5. The second-order valence-corrected chi connectivity index (χ2v) is 5.64. The Morgan fingerprint density at radius 3 is 2.55 bits per heavy atom. The Kier molecular flexibility index (Phi) is 4.37. The van der Waals surface area contributed by atoms with E-state index < -0.39 is 23.2 Å². The van der Waals surface area contributed by atoms with Crippen LogP contribution < -0.4 is 0 Å². The average molecular weight is 325 g/mol. The zero-order valence-electron chi connectivity index (χ0n) is 11.8. The van der Waals surface area contributed by atoms with Crippen LogP contribution in [0.1, 0.15) is 24.5 Å². The van der Waals surface area contributed by atoms with Crippen LogP contribution in [0, 0.1) is 11.2 Å². The standard InChI is InChI=1S/C16H14ClFO4/c1-16(15(21)22)5-4-11(12(7-16)14(19)20)9-2-3-10(8-17)13(18)6-9/h2-6H,7-8H2,1H3,(H,19,20)(H,21,22). The van der Waals surface area contributed by atoms with Crippen LogP contribution in [0.25, 0.3) is 5.57 Å². The molecule has 1 aliphatic rings. The predicted octanol–water partition coefficient (Wildman–Crippen LogP) is 3.45. The first kappa shape index (κ1) is 16.2. The second-order valence-electron chi connectivity index (χ2n) is 5.37. The first-order chi connectivity index (χ1) is 10.3. The number of carboxylic acids is 2. The number of carboxylic acid groups (broad SMARTS) is 2. The molecule has 1 unspecified atom stereocenters. The van der Waals surface area contributed by atoms with Gasteiger partial charge in [-0.1, -0.05) is 24.3 Å². The lowest BCUT2D eigenvalue weighted by Crippen LogP contribution is -2.29. The summed E-state index contributed by atoms with van der Waals surface area (Å²) in [5.74, 6) is -2.83. The number of benzene rings is 1. The molecule has 4 nitrogen and oxygen atoms in total. The number of halogens is 2. The summed E-state index contributed by atoms with van der Waals surface area (Å²) in [4.78, 5) is 22.7. The summed E-state index contributed by atoms with van der Waals surface area (Å²) in [6.07, 6.45) is 2.70. The SMILES string of the molecule is CC1(C(=O)O)C=CC(c2ccc(CCl)c(F)c2)=C(C(=O)O)C1. The lowest BCUT2D eigenvalue weighted by molar-refractivity contribution is -0.145. The summed E-state index contributed by atoms with van der Waals surface area (Å²) in [7, 11) is 0. The van der Waals surface area contributed by atoms with E-state index in [0.717, 1.165) is 0 Å². The van der Waals surface area contributed by atoms with E-state index in [1.165, 1.54) is 31.2 Å². The van der Waals surface area contributed by atoms with Crippen LogP contribution in [0.4, 0.5) is 4.39 Å². The van der Waals surface area contributed by atoms with Gasteiger partial charge >= 0.3 is 11.9 Å². The van der Waals surface area contributed by atoms with Crippen molar-refractivity contribution >= 4 is 29.1 Å². The number of hydrogen-bond donors (Lipinski definition) is 2. The molecule has 116 valence electrons. The first-order valence-electron chi connectivity index (χ1n) is 6.52. The third-order valence-corrected chi connectivity index (χ3v) is 4.03. The highest BCUT2D eigenvalue weighted by Gasteiger charge is 2.37. The Labute approximate surface area is 131 Å². The van der Waals surface area contributed by atoms with E-state index in [4.69, 9.17) is 11.6 Å². The molecular formula is C16H14ClFO4. The maximum atomic E-state index is 13.8. The quantitative estimate of drug-likeness (QED) is 0.832. The van der Waals surface area contributed by atoms with Gasteiger partial charge in [0, 0.05) is 11.1 Å². The van der Waals surface area contributed by atoms with Gasteiger partial charge in [0.25, 0.3) is 0 Å². The van der Waals surface area contributed by atoms with Gasteiger partial charge in [-0.15, -0.1) is 11.6 Å². The number of carbonyl (C=O) groups is 2. The van der Waals surface area contributed by atoms with Crippen LogP contribution in [0.3, 0.4) is 0 Å². The average Bonchev–Trinajstić information content (AvgIpc) is 2.46. The van der Waals surface area contributed by atoms with Crippen molar-refractivity contribution in [2.75, 3.05) is 0 Å². The molecule has 22 heavy (non-hydrogen) atoms. The maximum Gasteiger partial charge on any atom is 0.332 e. The van der Waals surface area contributed by atoms with Gasteiger partial charge < -0.3 is 10.2 Å². The maximum absolute atomic E-state index is 13.8. The van der Waals surface area contributed by atoms with Gasteiger partial charge in [0.1, 0.15) is 5.82 Å². The second kappa shape index (κ2) is 5.93. The molecule has 0 saturated heterocycles. The molecule has 0 saturated carbocycles. The lowest BCUT2D eigenvalue weighted by Gasteiger charge is -2.26. The summed E-state index contributed by atoms with van der Waals surface area (Å²) < 4.78 is 13.8. The molecule has 0 fully saturated rings. The summed E-state index contributed by atoms with van der Waals surface area (Å²) >= 11 is 5.60. The molecule has 1 aromatic rings. The first-order valence-corrected chi connectivity index (χ1v) is 7.06. The van der Waals surface area contributed by atoms with E-state index in [1.807, 2.05) is 0 Å². The molecule has 0 bridgehead atoms. The van der Waals surface area contributed by atoms with Crippen molar-refractivity contribution in [1.82, 2.24) is 0 Å². The minimum atomic E-state index is -1.29. The normalized spacial score (nSPS) is 21.0. The van der Waals surface area contributed by atoms with Crippen molar-refractivity contribution in [2.45, 2.75) is 19.2 Å². The summed E-state index contributed by atoms with van der Waals surface area (Å²) in [6.45, 7) is 1.45. The van der Waals surface area contributed by atoms with Crippen molar-refractivity contribution in [2.24, 2.45) is 5.41 Å². The number of rotatable bonds is 4. The fraction of sp³-hybridized carbons (Fsp3) is 0.250. The molecule has 2 rings (SSSR count). The van der Waals surface area contributed by atoms with Gasteiger partial charge in [-0.3, -0.25) is 4.79 Å². The minimum Gasteiger partial charge on any atom is -0.481 e. The van der Waals surface area contributed by atoms with Crippen LogP contribution in [0.5, 0.6) is 0 Å². The topological polar surface area (TPSA) is 74.6 Å². The van der Waals surface area contributed by atoms with E-state index in [-0.39, 0.29) is 17.9 Å². The lowest BCUT2D eigenvalue weighted by atomic mass is 9.76. The van der Waals surface area contributed by atoms with Crippen molar-refractivity contribution in [3.63, 3.8) is 0 Å². The number of aliphatic carboxylic acids is 2. The van der Waals surface area contributed by atoms with E-state index in [9.17, 15) is 24.2 Å². The molecular weight excluding hydrogens is 311 g/mol. The van der Waals surface area contributed by atoms with E-state index in [0.29, 0.717) is 16.7 Å². The Bertz CT molecular complexity index is 708. The number of alkyl halides is 1. The van der Waals surface area contributed by atoms with Crippen LogP contribution in [-0.2, 0) is 15.5 Å². The number of hydrogen-bond acceptors (Lipinski definition) is 2. The van der Waals surface area contributed by atoms with Gasteiger partial charge in [0.2, 0.25) is 0 Å². The minimum absolute atomic E-state index is 0.0177. The van der Waals surface area contributed by atoms with Crippen LogP contribution in [0.2, 0.25) is 0 Å². The molecule has 0 heterocycles. The third-order valence-electron chi connectivity index (χ3n) is 3.74. The molecule has 0 radical (unpaired) electrons. The van der Waals surface area contributed by atoms with Crippen LogP contribution in [0.15, 0.2) is 35.9 Å². The molecule has 1 aliphatic carbocycles. The fourth-order valence-corrected chi connectivity index (χ4v) is 2.54. The van der Waals surface area contributed by atoms with Crippen molar-refractivity contribution in [3.05, 3.63) is 52.9 Å². The monoisotopic (exact) mass is 324 g/mol. The predicted molar refractivity (Wildman–Crippen MR) is 80.0 cm³/mol. The van der Waals surface area contributed by atoms with E-state index in [1.54, 1.807) is 6.07 Å². The molecule has 2 N–H and O–H groups in total. The molecule has 0 spiro atoms. The summed E-state index contributed by atoms with van der Waals surface area (Å²) in [5, 5.41) is 18.6. The Morgan fingerprint density at radius 1 is 1.36 bits per heavy atom. The van der Waals surface area contributed by atoms with E-state index in [2.05, 4.69) is 0 Å². The molecule has 1 atom stereocenters. The van der Waals surface area contributed by atoms with E-state index >= 15 is 0 Å². The van der Waals surface area contributed by atoms with Crippen molar-refractivity contribution in [3.8, 4) is 0 Å². The Morgan fingerprint density at radius 2 is 2.05 bits per heavy atom. The van der Waals surface area contributed by atoms with Gasteiger partial charge in [-0.2, -0.15) is 0 Å². The Hall–Kier alpha value is -2.14. The Balaban J connectivity index is 2.53. The molecule has 0 aromatic heterocycles. The highest BCUT2D eigenvalue weighted by atomic mass is 35.5. The highest BCUT2D eigenvalue weighted by molar-refractivity contribution is 6.17. The van der Waals surface area contributed by atoms with Gasteiger partial charge in [0.15, 0.2) is 0 Å². The molecule has 0 amide bonds. The van der Waals surface area contributed by atoms with Crippen molar-refractivity contribution in [1.29, 1.82) is 0 Å². The smallest absolute Gasteiger partial charge is 0.332 e.